The number of carbonyl (C=O) groups is 2. The van der Waals surface area contributed by atoms with Crippen molar-refractivity contribution in [1.29, 1.82) is 21.0 Å². The Bertz CT molecular complexity index is 6040. The summed E-state index contributed by atoms with van der Waals surface area (Å²) in [6.45, 7) is 8.59. The lowest BCUT2D eigenvalue weighted by Crippen LogP contribution is -2.30. The summed E-state index contributed by atoms with van der Waals surface area (Å²) in [4.78, 5) is 53.4. The van der Waals surface area contributed by atoms with Crippen LogP contribution in [0, 0.1) is 73.0 Å². The summed E-state index contributed by atoms with van der Waals surface area (Å²) in [5, 5.41) is 45.2. The van der Waals surface area contributed by atoms with Crippen molar-refractivity contribution < 1.29 is 9.59 Å². The fraction of sp³-hybridized carbons (Fsp3) is 0.0698. The maximum Gasteiger partial charge on any atom is 0.194 e. The van der Waals surface area contributed by atoms with Crippen LogP contribution in [-0.4, -0.2) is 31.5 Å². The molecular weight excluding hydrogens is 1370 g/mol. The Labute approximate surface area is 608 Å². The number of nitrogens with zero attached hydrogens (tertiary/aromatic N) is 8. The average molecular weight is 1420 g/mol. The van der Waals surface area contributed by atoms with E-state index in [1.807, 2.05) is 24.3 Å². The fourth-order valence-corrected chi connectivity index (χ4v) is 22.2. The zero-order valence-corrected chi connectivity index (χ0v) is 59.4. The number of Topliss-reactive ketones (excluding diaryl/α,β-unsaturated/α-hetero) is 2. The minimum Gasteiger partial charge on any atom is -0.289 e. The summed E-state index contributed by atoms with van der Waals surface area (Å²) in [6, 6.07) is 77.9. The molecule has 0 N–H and O–H groups in total. The summed E-state index contributed by atoms with van der Waals surface area (Å²) in [5.74, 6) is -0.500. The Morgan fingerprint density at radius 1 is 0.363 bits per heavy atom. The van der Waals surface area contributed by atoms with E-state index in [0.29, 0.717) is 43.4 Å². The molecule has 102 heavy (non-hydrogen) atoms. The van der Waals surface area contributed by atoms with Gasteiger partial charge < -0.3 is 0 Å². The number of thiophene rings is 2. The van der Waals surface area contributed by atoms with Gasteiger partial charge >= 0.3 is 0 Å². The summed E-state index contributed by atoms with van der Waals surface area (Å²) >= 11 is 9.24. The van der Waals surface area contributed by atoms with Gasteiger partial charge in [0.1, 0.15) is 55.5 Å². The van der Waals surface area contributed by atoms with E-state index in [2.05, 4.69) is 173 Å². The molecule has 10 nitrogen and oxygen atoms in total. The van der Waals surface area contributed by atoms with Gasteiger partial charge in [0.2, 0.25) is 0 Å². The van der Waals surface area contributed by atoms with Crippen LogP contribution >= 0.6 is 68.0 Å². The molecule has 6 aromatic heterocycles. The largest absolute Gasteiger partial charge is 0.289 e. The lowest BCUT2D eigenvalue weighted by atomic mass is 9.65. The van der Waals surface area contributed by atoms with Gasteiger partial charge in [-0.2, -0.15) is 21.0 Å². The van der Waals surface area contributed by atoms with Gasteiger partial charge in [0.25, 0.3) is 0 Å². The quantitative estimate of drug-likeness (QED) is 0.105. The van der Waals surface area contributed by atoms with Crippen molar-refractivity contribution in [3.63, 3.8) is 0 Å². The molecule has 0 aliphatic heterocycles. The Morgan fingerprint density at radius 3 is 1.03 bits per heavy atom. The molecule has 6 heterocycles. The number of fused-ring (bicyclic) bond motifs is 14. The van der Waals surface area contributed by atoms with Crippen molar-refractivity contribution in [2.45, 2.75) is 38.5 Å². The van der Waals surface area contributed by atoms with Crippen LogP contribution in [0.5, 0.6) is 0 Å². The van der Waals surface area contributed by atoms with Crippen molar-refractivity contribution >= 4 is 142 Å². The van der Waals surface area contributed by atoms with E-state index < -0.39 is 10.8 Å². The van der Waals surface area contributed by atoms with E-state index in [0.717, 1.165) is 126 Å². The van der Waals surface area contributed by atoms with Gasteiger partial charge in [-0.1, -0.05) is 225 Å². The Hall–Kier alpha value is -11.8. The SMILES string of the molecule is Cc1ccc(C2(c3ccc(C)cc3)c3cc4c(cc3-c3ccc5sc(-c6nc7sc(C=C8C(=O)c9ccccc9C8=C(C#N)C#N)nc7s6)cc5c32)C(c2ccc(C)cc2)(c2ccc(C)cc2)c2c-4ccc3sc(-c4nc5sc(C=C6C(=O)c7ccccc7C6=C(C#N)C#N)nc5s4)cc23)cc1. The van der Waals surface area contributed by atoms with Gasteiger partial charge in [-0.15, -0.1) is 22.7 Å². The molecule has 0 saturated heterocycles. The second-order valence-corrected chi connectivity index (χ2v) is 32.2. The normalized spacial score (nSPS) is 15.0. The molecule has 4 aliphatic rings. The molecule has 0 fully saturated rings. The van der Waals surface area contributed by atoms with E-state index in [-0.39, 0.29) is 33.9 Å². The maximum absolute atomic E-state index is 13.9. The molecular formula is C86H46N8O2S6. The number of aromatic nitrogens is 4. The van der Waals surface area contributed by atoms with Crippen LogP contribution in [0.1, 0.15) is 109 Å². The first kappa shape index (κ1) is 61.3. The summed E-state index contributed by atoms with van der Waals surface area (Å²) < 4.78 is 2.25. The van der Waals surface area contributed by atoms with Crippen LogP contribution in [0.15, 0.2) is 216 Å². The number of thiazole rings is 4. The Morgan fingerprint density at radius 2 is 0.696 bits per heavy atom. The first-order valence-electron chi connectivity index (χ1n) is 32.8. The van der Waals surface area contributed by atoms with Crippen LogP contribution in [0.3, 0.4) is 0 Å². The number of carbonyl (C=O) groups excluding carboxylic acids is 2. The zero-order chi connectivity index (χ0) is 69.2. The molecule has 19 rings (SSSR count). The number of nitriles is 4. The highest BCUT2D eigenvalue weighted by Crippen LogP contribution is 2.66. The molecule has 9 aromatic carbocycles. The van der Waals surface area contributed by atoms with Gasteiger partial charge in [-0.05, 0) is 165 Å². The molecule has 4 aliphatic carbocycles. The summed E-state index contributed by atoms with van der Waals surface area (Å²) in [6.07, 6.45) is 3.40. The summed E-state index contributed by atoms with van der Waals surface area (Å²) in [5.41, 5.74) is 20.1. The van der Waals surface area contributed by atoms with E-state index in [4.69, 9.17) is 19.9 Å². The average Bonchev–Trinajstić information content (AvgIpc) is 1.50. The highest BCUT2D eigenvalue weighted by Gasteiger charge is 2.53. The first-order chi connectivity index (χ1) is 49.8. The van der Waals surface area contributed by atoms with Crippen molar-refractivity contribution in [3.05, 3.63) is 315 Å². The summed E-state index contributed by atoms with van der Waals surface area (Å²) in [7, 11) is 0. The topological polar surface area (TPSA) is 181 Å². The van der Waals surface area contributed by atoms with E-state index in [1.165, 1.54) is 67.6 Å². The van der Waals surface area contributed by atoms with Gasteiger partial charge in [0, 0.05) is 42.8 Å². The van der Waals surface area contributed by atoms with Crippen LogP contribution in [-0.2, 0) is 10.8 Å². The van der Waals surface area contributed by atoms with Crippen molar-refractivity contribution in [2.24, 2.45) is 0 Å². The minimum atomic E-state index is -0.818. The van der Waals surface area contributed by atoms with Gasteiger partial charge in [-0.25, -0.2) is 19.9 Å². The van der Waals surface area contributed by atoms with Crippen molar-refractivity contribution in [3.8, 4) is 66.3 Å². The van der Waals surface area contributed by atoms with Crippen LogP contribution < -0.4 is 0 Å². The third-order valence-corrected chi connectivity index (χ3v) is 26.9. The van der Waals surface area contributed by atoms with Crippen molar-refractivity contribution in [1.82, 2.24) is 19.9 Å². The molecule has 15 aromatic rings. The number of hydrogen-bond donors (Lipinski definition) is 0. The van der Waals surface area contributed by atoms with Crippen LogP contribution in [0.25, 0.3) is 105 Å². The third-order valence-electron chi connectivity index (χ3n) is 20.4. The fourth-order valence-electron chi connectivity index (χ4n) is 16.0. The predicted octanol–water partition coefficient (Wildman–Crippen LogP) is 21.7. The molecule has 0 bridgehead atoms. The number of aryl methyl sites for hydroxylation is 4. The minimum absolute atomic E-state index is 0.120. The number of hydrogen-bond acceptors (Lipinski definition) is 16. The zero-order valence-electron chi connectivity index (χ0n) is 54.5. The monoisotopic (exact) mass is 1410 g/mol. The first-order valence-corrected chi connectivity index (χ1v) is 37.7. The van der Waals surface area contributed by atoms with E-state index in [1.54, 1.807) is 83.4 Å². The molecule has 0 saturated carbocycles. The molecule has 0 radical (unpaired) electrons. The molecule has 0 unspecified atom stereocenters. The van der Waals surface area contributed by atoms with Crippen LogP contribution in [0.4, 0.5) is 0 Å². The van der Waals surface area contributed by atoms with Crippen molar-refractivity contribution in [2.75, 3.05) is 0 Å². The highest BCUT2D eigenvalue weighted by molar-refractivity contribution is 7.32. The molecule has 16 heteroatoms. The molecule has 0 spiro atoms. The lowest BCUT2D eigenvalue weighted by molar-refractivity contribution is 0.103. The molecule has 0 atom stereocenters. The Kier molecular flexibility index (Phi) is 13.7. The Balaban J connectivity index is 0.795. The third kappa shape index (κ3) is 8.79. The van der Waals surface area contributed by atoms with Crippen LogP contribution in [0.2, 0.25) is 0 Å². The number of rotatable bonds is 8. The van der Waals surface area contributed by atoms with E-state index >= 15 is 0 Å². The predicted molar refractivity (Wildman–Crippen MR) is 413 cm³/mol. The van der Waals surface area contributed by atoms with Gasteiger partial charge in [0.15, 0.2) is 30.9 Å². The highest BCUT2D eigenvalue weighted by atomic mass is 32.1. The smallest absolute Gasteiger partial charge is 0.194 e. The standard InChI is InChI=1S/C86H46N8O2S6/c1-43-13-21-49(22-14-43)85(50-23-15-44(2)16-24-50)65-33-60-56-30-32-68-62(36-70(98-68)80-94-84-82(102-80)92-72(100-84)38-64-74(48(41-89)42-90)54-10-6-8-12-58(54)78(64)96)76(56)86(51-25-17-45(3)18-26-51,52-27-19-46(4)20-28-52)66(60)34-59(65)55-29-31-67-61(75(55)85)35-69(97-67)79-93-83-81(101-79)91-71(99-83)37-63-73(47(39-87)40-88)53-9-5-7-11-57(53)77(63)95/h5-38H,1-4H3. The van der Waals surface area contributed by atoms with E-state index in [9.17, 15) is 30.6 Å². The number of ketones is 2. The van der Waals surface area contributed by atoms with Gasteiger partial charge in [-0.3, -0.25) is 9.59 Å². The number of allylic oxidation sites excluding steroid dienone is 6. The number of benzene rings is 9. The lowest BCUT2D eigenvalue weighted by Gasteiger charge is -2.36. The second-order valence-electron chi connectivity index (χ2n) is 26.1. The maximum atomic E-state index is 13.9. The van der Waals surface area contributed by atoms with Gasteiger partial charge in [0.05, 0.1) is 20.6 Å². The molecule has 0 amide bonds. The second kappa shape index (κ2) is 22.9. The molecule has 478 valence electrons.